The van der Waals surface area contributed by atoms with Gasteiger partial charge in [-0.15, -0.1) is 0 Å². The molecule has 0 bridgehead atoms. The zero-order valence-corrected chi connectivity index (χ0v) is 13.1. The van der Waals surface area contributed by atoms with Gasteiger partial charge in [-0.1, -0.05) is 17.7 Å². The van der Waals surface area contributed by atoms with Crippen molar-refractivity contribution in [3.8, 4) is 6.07 Å². The van der Waals surface area contributed by atoms with Crippen molar-refractivity contribution in [1.29, 1.82) is 5.26 Å². The van der Waals surface area contributed by atoms with E-state index in [4.69, 9.17) is 21.6 Å². The maximum atomic E-state index is 8.76. The number of nitrogens with zero attached hydrogens (tertiary/aromatic N) is 2. The fourth-order valence-electron chi connectivity index (χ4n) is 1.95. The monoisotopic (exact) mass is 295 g/mol. The Bertz CT molecular complexity index is 459. The van der Waals surface area contributed by atoms with Crippen LogP contribution < -0.4 is 10.2 Å². The largest absolute Gasteiger partial charge is 0.383 e. The summed E-state index contributed by atoms with van der Waals surface area (Å²) in [5, 5.41) is 12.7. The molecule has 1 atom stereocenters. The van der Waals surface area contributed by atoms with Gasteiger partial charge in [0, 0.05) is 26.2 Å². The highest BCUT2D eigenvalue weighted by molar-refractivity contribution is 6.33. The number of halogens is 1. The Morgan fingerprint density at radius 1 is 1.45 bits per heavy atom. The lowest BCUT2D eigenvalue weighted by molar-refractivity contribution is 0.205. The van der Waals surface area contributed by atoms with Crippen molar-refractivity contribution in [3.05, 3.63) is 28.8 Å². The van der Waals surface area contributed by atoms with E-state index in [1.54, 1.807) is 7.11 Å². The van der Waals surface area contributed by atoms with E-state index in [0.29, 0.717) is 24.6 Å². The summed E-state index contributed by atoms with van der Waals surface area (Å²) in [6, 6.07) is 8.48. The van der Waals surface area contributed by atoms with Gasteiger partial charge in [-0.3, -0.25) is 0 Å². The van der Waals surface area contributed by atoms with Crippen LogP contribution in [0.5, 0.6) is 0 Å². The number of nitriles is 1. The summed E-state index contributed by atoms with van der Waals surface area (Å²) in [6.07, 6.45) is 0.467. The predicted molar refractivity (Wildman–Crippen MR) is 83.2 cm³/mol. The molecule has 1 aromatic carbocycles. The molecule has 0 aliphatic carbocycles. The first-order valence-electron chi connectivity index (χ1n) is 6.71. The molecule has 0 aliphatic rings. The van der Waals surface area contributed by atoms with Crippen LogP contribution in [-0.2, 0) is 4.74 Å². The summed E-state index contributed by atoms with van der Waals surface area (Å²) in [4.78, 5) is 2.09. The molecule has 0 saturated carbocycles. The van der Waals surface area contributed by atoms with Crippen LogP contribution in [0, 0.1) is 11.3 Å². The molecule has 0 aliphatic heterocycles. The topological polar surface area (TPSA) is 48.3 Å². The summed E-state index contributed by atoms with van der Waals surface area (Å²) in [7, 11) is 3.59. The fourth-order valence-corrected chi connectivity index (χ4v) is 2.26. The van der Waals surface area contributed by atoms with Crippen molar-refractivity contribution in [2.24, 2.45) is 0 Å². The summed E-state index contributed by atoms with van der Waals surface area (Å²) >= 11 is 6.39. The molecule has 1 rings (SSSR count). The second-order valence-electron chi connectivity index (χ2n) is 4.61. The zero-order chi connectivity index (χ0) is 15.0. The first-order valence-corrected chi connectivity index (χ1v) is 7.09. The zero-order valence-electron chi connectivity index (χ0n) is 12.3. The highest BCUT2D eigenvalue weighted by atomic mass is 35.5. The number of anilines is 1. The van der Waals surface area contributed by atoms with Gasteiger partial charge in [0.25, 0.3) is 0 Å². The first kappa shape index (κ1) is 16.8. The fraction of sp³-hybridized carbons (Fsp3) is 0.533. The average Bonchev–Trinajstić information content (AvgIpc) is 2.47. The van der Waals surface area contributed by atoms with Crippen LogP contribution in [0.25, 0.3) is 0 Å². The molecule has 0 spiro atoms. The van der Waals surface area contributed by atoms with E-state index in [-0.39, 0.29) is 6.04 Å². The number of hydrogen-bond acceptors (Lipinski definition) is 4. The van der Waals surface area contributed by atoms with E-state index in [0.717, 1.165) is 17.8 Å². The van der Waals surface area contributed by atoms with Gasteiger partial charge in [0.15, 0.2) is 0 Å². The van der Waals surface area contributed by atoms with Crippen LogP contribution in [0.4, 0.5) is 5.69 Å². The van der Waals surface area contributed by atoms with E-state index in [1.807, 2.05) is 19.2 Å². The first-order chi connectivity index (χ1) is 9.63. The summed E-state index contributed by atoms with van der Waals surface area (Å²) in [5.41, 5.74) is 2.10. The minimum absolute atomic E-state index is 0.257. The lowest BCUT2D eigenvalue weighted by Crippen LogP contribution is -2.28. The number of ether oxygens (including phenoxy) is 1. The minimum atomic E-state index is 0.257. The van der Waals surface area contributed by atoms with Gasteiger partial charge in [0.2, 0.25) is 0 Å². The summed E-state index contributed by atoms with van der Waals surface area (Å²) < 4.78 is 5.12. The standard InChI is InChI=1S/C15H22ClN3O/c1-12(18-2)13-5-6-15(14(16)11-13)19(8-4-7-17)9-10-20-3/h5-6,11-12,18H,4,8-10H2,1-3H3. The second kappa shape index (κ2) is 8.80. The molecule has 1 unspecified atom stereocenters. The molecule has 20 heavy (non-hydrogen) atoms. The minimum Gasteiger partial charge on any atom is -0.383 e. The van der Waals surface area contributed by atoms with Crippen LogP contribution in [0.1, 0.15) is 24.9 Å². The molecule has 0 saturated heterocycles. The van der Waals surface area contributed by atoms with Crippen molar-refractivity contribution in [2.75, 3.05) is 38.8 Å². The molecule has 0 amide bonds. The smallest absolute Gasteiger partial charge is 0.0642 e. The number of benzene rings is 1. The van der Waals surface area contributed by atoms with Gasteiger partial charge >= 0.3 is 0 Å². The highest BCUT2D eigenvalue weighted by Crippen LogP contribution is 2.29. The van der Waals surface area contributed by atoms with Gasteiger partial charge in [-0.2, -0.15) is 5.26 Å². The highest BCUT2D eigenvalue weighted by Gasteiger charge is 2.12. The number of nitrogens with one attached hydrogen (secondary N) is 1. The van der Waals surface area contributed by atoms with Crippen molar-refractivity contribution in [3.63, 3.8) is 0 Å². The van der Waals surface area contributed by atoms with Gasteiger partial charge in [-0.05, 0) is 31.7 Å². The normalized spacial score (nSPS) is 11.9. The molecule has 1 N–H and O–H groups in total. The van der Waals surface area contributed by atoms with Crippen molar-refractivity contribution < 1.29 is 4.74 Å². The third kappa shape index (κ3) is 4.68. The molecule has 0 aromatic heterocycles. The average molecular weight is 296 g/mol. The van der Waals surface area contributed by atoms with Gasteiger partial charge in [0.1, 0.15) is 0 Å². The number of methoxy groups -OCH3 is 1. The predicted octanol–water partition coefficient (Wildman–Crippen LogP) is 2.99. The van der Waals surface area contributed by atoms with Gasteiger partial charge in [-0.25, -0.2) is 0 Å². The lowest BCUT2D eigenvalue weighted by atomic mass is 10.1. The maximum Gasteiger partial charge on any atom is 0.0642 e. The Labute approximate surface area is 126 Å². The van der Waals surface area contributed by atoms with Crippen LogP contribution in [0.3, 0.4) is 0 Å². The van der Waals surface area contributed by atoms with Crippen LogP contribution >= 0.6 is 11.6 Å². The van der Waals surface area contributed by atoms with Crippen LogP contribution in [0.15, 0.2) is 18.2 Å². The van der Waals surface area contributed by atoms with Crippen LogP contribution in [0.2, 0.25) is 5.02 Å². The Kier molecular flexibility index (Phi) is 7.38. The Morgan fingerprint density at radius 3 is 2.75 bits per heavy atom. The SMILES string of the molecule is CNC(C)c1ccc(N(CCC#N)CCOC)c(Cl)c1. The van der Waals surface area contributed by atoms with E-state index >= 15 is 0 Å². The number of rotatable bonds is 8. The second-order valence-corrected chi connectivity index (χ2v) is 5.02. The van der Waals surface area contributed by atoms with E-state index in [2.05, 4.69) is 29.3 Å². The molecule has 0 radical (unpaired) electrons. The molecule has 5 heteroatoms. The van der Waals surface area contributed by atoms with Crippen LogP contribution in [-0.4, -0.2) is 33.9 Å². The molecule has 0 fully saturated rings. The quantitative estimate of drug-likeness (QED) is 0.801. The van der Waals surface area contributed by atoms with E-state index in [9.17, 15) is 0 Å². The molecule has 1 aromatic rings. The Balaban J connectivity index is 2.92. The summed E-state index contributed by atoms with van der Waals surface area (Å²) in [6.45, 7) is 4.07. The summed E-state index contributed by atoms with van der Waals surface area (Å²) in [5.74, 6) is 0. The third-order valence-corrected chi connectivity index (χ3v) is 3.61. The van der Waals surface area contributed by atoms with Gasteiger partial charge in [0.05, 0.1) is 29.8 Å². The molecular formula is C15H22ClN3O. The Morgan fingerprint density at radius 2 is 2.20 bits per heavy atom. The Hall–Kier alpha value is -1.28. The maximum absolute atomic E-state index is 8.76. The van der Waals surface area contributed by atoms with Crippen molar-refractivity contribution >= 4 is 17.3 Å². The lowest BCUT2D eigenvalue weighted by Gasteiger charge is -2.25. The van der Waals surface area contributed by atoms with E-state index < -0.39 is 0 Å². The molecule has 110 valence electrons. The van der Waals surface area contributed by atoms with Crippen molar-refractivity contribution in [1.82, 2.24) is 5.32 Å². The molecule has 4 nitrogen and oxygen atoms in total. The molecule has 0 heterocycles. The van der Waals surface area contributed by atoms with Crippen molar-refractivity contribution in [2.45, 2.75) is 19.4 Å². The number of hydrogen-bond donors (Lipinski definition) is 1. The third-order valence-electron chi connectivity index (χ3n) is 3.30. The molecular weight excluding hydrogens is 274 g/mol. The van der Waals surface area contributed by atoms with E-state index in [1.165, 1.54) is 0 Å². The van der Waals surface area contributed by atoms with Gasteiger partial charge < -0.3 is 15.0 Å².